The van der Waals surface area contributed by atoms with Gasteiger partial charge in [-0.1, -0.05) is 34.1 Å². The smallest absolute Gasteiger partial charge is 0.361 e. The van der Waals surface area contributed by atoms with Gasteiger partial charge in [0.05, 0.1) is 23.2 Å². The molecule has 0 N–H and O–H groups in total. The molecule has 2 rings (SSSR count). The van der Waals surface area contributed by atoms with Gasteiger partial charge in [0.15, 0.2) is 0 Å². The number of nitriles is 1. The van der Waals surface area contributed by atoms with Gasteiger partial charge in [0, 0.05) is 16.7 Å². The minimum absolute atomic E-state index is 0.167. The summed E-state index contributed by atoms with van der Waals surface area (Å²) >= 11 is 3.37. The second kappa shape index (κ2) is 7.75. The summed E-state index contributed by atoms with van der Waals surface area (Å²) in [5.74, 6) is 0. The molecule has 2 aromatic rings. The van der Waals surface area contributed by atoms with Crippen molar-refractivity contribution in [3.8, 4) is 6.07 Å². The van der Waals surface area contributed by atoms with Crippen LogP contribution in [0, 0.1) is 11.3 Å². The Balaban J connectivity index is 2.48. The summed E-state index contributed by atoms with van der Waals surface area (Å²) in [4.78, 5) is 1.81. The highest BCUT2D eigenvalue weighted by atomic mass is 79.9. The third-order valence-corrected chi connectivity index (χ3v) is 4.44. The van der Waals surface area contributed by atoms with E-state index in [1.165, 1.54) is 12.1 Å². The molecule has 0 aliphatic heterocycles. The summed E-state index contributed by atoms with van der Waals surface area (Å²) < 4.78 is 40.6. The van der Waals surface area contributed by atoms with E-state index in [1.807, 2.05) is 36.1 Å². The van der Waals surface area contributed by atoms with Gasteiger partial charge < -0.3 is 4.90 Å². The van der Waals surface area contributed by atoms with Crippen molar-refractivity contribution >= 4 is 21.6 Å². The fraction of sp³-hybridized carbons (Fsp3) is 0.211. The fourth-order valence-electron chi connectivity index (χ4n) is 2.59. The Morgan fingerprint density at radius 3 is 2.40 bits per heavy atom. The number of benzene rings is 2. The first-order chi connectivity index (χ1) is 11.8. The third-order valence-electron chi connectivity index (χ3n) is 3.91. The lowest BCUT2D eigenvalue weighted by Crippen LogP contribution is -2.27. The monoisotopic (exact) mass is 408 g/mol. The van der Waals surface area contributed by atoms with E-state index in [1.54, 1.807) is 12.1 Å². The lowest BCUT2D eigenvalue weighted by molar-refractivity contribution is -0.137. The van der Waals surface area contributed by atoms with E-state index in [2.05, 4.69) is 22.5 Å². The summed E-state index contributed by atoms with van der Waals surface area (Å²) in [7, 11) is 0. The van der Waals surface area contributed by atoms with Crippen molar-refractivity contribution in [1.29, 1.82) is 5.26 Å². The zero-order valence-electron chi connectivity index (χ0n) is 13.5. The van der Waals surface area contributed by atoms with Crippen LogP contribution >= 0.6 is 15.9 Å². The van der Waals surface area contributed by atoms with Gasteiger partial charge >= 0.3 is 6.18 Å². The molecule has 25 heavy (non-hydrogen) atoms. The molecule has 0 saturated heterocycles. The highest BCUT2D eigenvalue weighted by Gasteiger charge is 2.34. The number of rotatable bonds is 5. The fourth-order valence-corrected chi connectivity index (χ4v) is 2.85. The number of nitrogens with zero attached hydrogens (tertiary/aromatic N) is 2. The highest BCUT2D eigenvalue weighted by molar-refractivity contribution is 9.10. The van der Waals surface area contributed by atoms with Crippen LogP contribution in [0.3, 0.4) is 0 Å². The first-order valence-corrected chi connectivity index (χ1v) is 8.31. The predicted molar refractivity (Wildman–Crippen MR) is 96.3 cm³/mol. The van der Waals surface area contributed by atoms with Crippen molar-refractivity contribution in [2.45, 2.75) is 19.1 Å². The standard InChI is InChI=1S/C19H16BrF3N2/c1-3-10-25(13(2)14-4-7-16(20)8-5-14)17-9-6-15(12-24)18(11-17)19(21,22)23/h3-9,11,13H,1,10H2,2H3. The molecule has 0 saturated carbocycles. The van der Waals surface area contributed by atoms with E-state index in [9.17, 15) is 13.2 Å². The van der Waals surface area contributed by atoms with Gasteiger partial charge in [-0.15, -0.1) is 6.58 Å². The lowest BCUT2D eigenvalue weighted by atomic mass is 10.0. The van der Waals surface area contributed by atoms with Crippen molar-refractivity contribution in [2.24, 2.45) is 0 Å². The van der Waals surface area contributed by atoms with Crippen LogP contribution in [0.1, 0.15) is 29.7 Å². The quantitative estimate of drug-likeness (QED) is 0.559. The maximum absolute atomic E-state index is 13.2. The second-order valence-electron chi connectivity index (χ2n) is 5.51. The number of hydrogen-bond donors (Lipinski definition) is 0. The summed E-state index contributed by atoms with van der Waals surface area (Å²) in [6, 6.07) is 12.8. The molecule has 0 spiro atoms. The molecular formula is C19H16BrF3N2. The summed E-state index contributed by atoms with van der Waals surface area (Å²) in [5, 5.41) is 8.94. The second-order valence-corrected chi connectivity index (χ2v) is 6.42. The predicted octanol–water partition coefficient (Wildman–Crippen LogP) is 6.09. The Labute approximate surface area is 153 Å². The van der Waals surface area contributed by atoms with E-state index < -0.39 is 11.7 Å². The zero-order valence-corrected chi connectivity index (χ0v) is 15.1. The molecule has 1 atom stereocenters. The molecule has 130 valence electrons. The summed E-state index contributed by atoms with van der Waals surface area (Å²) in [6.45, 7) is 5.99. The van der Waals surface area contributed by atoms with Gasteiger partial charge in [0.2, 0.25) is 0 Å². The van der Waals surface area contributed by atoms with E-state index in [0.29, 0.717) is 12.2 Å². The molecule has 0 radical (unpaired) electrons. The first-order valence-electron chi connectivity index (χ1n) is 7.52. The van der Waals surface area contributed by atoms with Crippen molar-refractivity contribution in [3.05, 3.63) is 76.3 Å². The van der Waals surface area contributed by atoms with Gasteiger partial charge in [0.25, 0.3) is 0 Å². The average molecular weight is 409 g/mol. The number of hydrogen-bond acceptors (Lipinski definition) is 2. The average Bonchev–Trinajstić information content (AvgIpc) is 2.58. The van der Waals surface area contributed by atoms with Crippen LogP contribution in [-0.4, -0.2) is 6.54 Å². The van der Waals surface area contributed by atoms with Crippen molar-refractivity contribution in [2.75, 3.05) is 11.4 Å². The molecule has 0 heterocycles. The topological polar surface area (TPSA) is 27.0 Å². The molecule has 2 aromatic carbocycles. The van der Waals surface area contributed by atoms with Crippen LogP contribution < -0.4 is 4.90 Å². The van der Waals surface area contributed by atoms with Gasteiger partial charge in [-0.3, -0.25) is 0 Å². The molecular weight excluding hydrogens is 393 g/mol. The van der Waals surface area contributed by atoms with Crippen LogP contribution in [0.25, 0.3) is 0 Å². The zero-order chi connectivity index (χ0) is 18.6. The Morgan fingerprint density at radius 1 is 1.24 bits per heavy atom. The Bertz CT molecular complexity index is 792. The van der Waals surface area contributed by atoms with Crippen LogP contribution in [0.4, 0.5) is 18.9 Å². The summed E-state index contributed by atoms with van der Waals surface area (Å²) in [6.07, 6.45) is -2.94. The molecule has 0 aliphatic rings. The maximum atomic E-state index is 13.2. The van der Waals surface area contributed by atoms with Gasteiger partial charge in [-0.05, 0) is 42.8 Å². The van der Waals surface area contributed by atoms with E-state index >= 15 is 0 Å². The molecule has 2 nitrogen and oxygen atoms in total. The van der Waals surface area contributed by atoms with Crippen molar-refractivity contribution < 1.29 is 13.2 Å². The molecule has 0 amide bonds. The van der Waals surface area contributed by atoms with E-state index in [0.717, 1.165) is 16.1 Å². The number of halogens is 4. The van der Waals surface area contributed by atoms with Gasteiger partial charge in [-0.2, -0.15) is 18.4 Å². The molecule has 0 aliphatic carbocycles. The molecule has 0 bridgehead atoms. The number of alkyl halides is 3. The minimum Gasteiger partial charge on any atom is -0.361 e. The van der Waals surface area contributed by atoms with Crippen LogP contribution in [0.15, 0.2) is 59.6 Å². The molecule has 0 aromatic heterocycles. The van der Waals surface area contributed by atoms with Crippen LogP contribution in [0.5, 0.6) is 0 Å². The highest BCUT2D eigenvalue weighted by Crippen LogP contribution is 2.36. The summed E-state index contributed by atoms with van der Waals surface area (Å²) in [5.41, 5.74) is 0.0419. The molecule has 1 unspecified atom stereocenters. The molecule has 0 fully saturated rings. The maximum Gasteiger partial charge on any atom is 0.417 e. The molecule has 6 heteroatoms. The van der Waals surface area contributed by atoms with Crippen LogP contribution in [0.2, 0.25) is 0 Å². The van der Waals surface area contributed by atoms with Gasteiger partial charge in [0.1, 0.15) is 0 Å². The van der Waals surface area contributed by atoms with Crippen molar-refractivity contribution in [1.82, 2.24) is 0 Å². The van der Waals surface area contributed by atoms with E-state index in [-0.39, 0.29) is 11.6 Å². The Kier molecular flexibility index (Phi) is 5.91. The Morgan fingerprint density at radius 2 is 1.88 bits per heavy atom. The SMILES string of the molecule is C=CCN(c1ccc(C#N)c(C(F)(F)F)c1)C(C)c1ccc(Br)cc1. The Hall–Kier alpha value is -2.26. The van der Waals surface area contributed by atoms with E-state index in [4.69, 9.17) is 5.26 Å². The first kappa shape index (κ1) is 19.1. The normalized spacial score (nSPS) is 12.3. The largest absolute Gasteiger partial charge is 0.417 e. The number of anilines is 1. The third kappa shape index (κ3) is 4.43. The van der Waals surface area contributed by atoms with Crippen LogP contribution in [-0.2, 0) is 6.18 Å². The van der Waals surface area contributed by atoms with Gasteiger partial charge in [-0.25, -0.2) is 0 Å². The lowest BCUT2D eigenvalue weighted by Gasteiger charge is -2.31. The minimum atomic E-state index is -4.58. The van der Waals surface area contributed by atoms with Crippen molar-refractivity contribution in [3.63, 3.8) is 0 Å².